The van der Waals surface area contributed by atoms with Crippen LogP contribution in [-0.2, 0) is 24.7 Å². The van der Waals surface area contributed by atoms with Crippen LogP contribution in [0.15, 0.2) is 23.1 Å². The van der Waals surface area contributed by atoms with Gasteiger partial charge in [0.25, 0.3) is 0 Å². The highest BCUT2D eigenvalue weighted by molar-refractivity contribution is 7.92. The molecule has 0 saturated carbocycles. The number of halogens is 1. The van der Waals surface area contributed by atoms with E-state index in [1.807, 2.05) is 0 Å². The van der Waals surface area contributed by atoms with Gasteiger partial charge in [0, 0.05) is 6.26 Å². The summed E-state index contributed by atoms with van der Waals surface area (Å²) in [5.74, 6) is -1.81. The van der Waals surface area contributed by atoms with Gasteiger partial charge in [-0.3, -0.25) is 4.79 Å². The van der Waals surface area contributed by atoms with Gasteiger partial charge in [-0.1, -0.05) is 0 Å². The van der Waals surface area contributed by atoms with Crippen molar-refractivity contribution in [1.29, 1.82) is 0 Å². The van der Waals surface area contributed by atoms with Crippen molar-refractivity contribution in [3.63, 3.8) is 0 Å². The lowest BCUT2D eigenvalue weighted by atomic mass is 10.2. The number of carbonyl (C=O) groups is 1. The summed E-state index contributed by atoms with van der Waals surface area (Å²) in [5, 5.41) is 7.05. The highest BCUT2D eigenvalue weighted by Gasteiger charge is 2.39. The third-order valence-electron chi connectivity index (χ3n) is 2.97. The molecule has 0 unspecified atom stereocenters. The van der Waals surface area contributed by atoms with Crippen molar-refractivity contribution in [2.45, 2.75) is 23.5 Å². The Morgan fingerprint density at radius 3 is 2.19 bits per heavy atom. The maximum absolute atomic E-state index is 13.2. The number of hydrogen-bond acceptors (Lipinski definition) is 5. The molecule has 1 aromatic rings. The Balaban J connectivity index is 3.33. The van der Waals surface area contributed by atoms with Crippen LogP contribution in [0, 0.1) is 5.82 Å². The molecule has 0 aliphatic heterocycles. The van der Waals surface area contributed by atoms with E-state index in [9.17, 15) is 26.0 Å². The zero-order chi connectivity index (χ0) is 16.6. The maximum Gasteiger partial charge on any atom is 0.245 e. The number of sulfonamides is 1. The molecule has 0 atom stereocenters. The van der Waals surface area contributed by atoms with Crippen molar-refractivity contribution >= 4 is 31.5 Å². The van der Waals surface area contributed by atoms with E-state index >= 15 is 0 Å². The molecule has 0 saturated heterocycles. The molecule has 0 radical (unpaired) electrons. The standard InChI is InChI=1S/C11H15FN2O5S2/c1-11(2,20(3,16)17)10(15)14-8-6-7(12)4-5-9(8)21(13,18)19/h4-6H,1-3H3,(H,14,15)(H2,13,18,19). The quantitative estimate of drug-likeness (QED) is 0.813. The van der Waals surface area contributed by atoms with E-state index < -0.39 is 46.9 Å². The first-order valence-corrected chi connectivity index (χ1v) is 9.04. The molecule has 0 spiro atoms. The minimum atomic E-state index is -4.21. The average Bonchev–Trinajstić information content (AvgIpc) is 2.25. The van der Waals surface area contributed by atoms with Crippen LogP contribution in [0.25, 0.3) is 0 Å². The van der Waals surface area contributed by atoms with E-state index in [2.05, 4.69) is 5.32 Å². The summed E-state index contributed by atoms with van der Waals surface area (Å²) >= 11 is 0. The zero-order valence-corrected chi connectivity index (χ0v) is 13.2. The number of amides is 1. The van der Waals surface area contributed by atoms with Crippen LogP contribution in [0.4, 0.5) is 10.1 Å². The Bertz CT molecular complexity index is 785. The van der Waals surface area contributed by atoms with Gasteiger partial charge in [0.2, 0.25) is 15.9 Å². The first-order chi connectivity index (χ1) is 9.26. The molecule has 7 nitrogen and oxygen atoms in total. The van der Waals surface area contributed by atoms with Crippen molar-refractivity contribution in [3.05, 3.63) is 24.0 Å². The fraction of sp³-hybridized carbons (Fsp3) is 0.364. The molecular weight excluding hydrogens is 323 g/mol. The van der Waals surface area contributed by atoms with Crippen molar-refractivity contribution in [3.8, 4) is 0 Å². The van der Waals surface area contributed by atoms with Gasteiger partial charge in [-0.25, -0.2) is 26.4 Å². The van der Waals surface area contributed by atoms with E-state index in [1.54, 1.807) is 0 Å². The molecule has 21 heavy (non-hydrogen) atoms. The van der Waals surface area contributed by atoms with Gasteiger partial charge in [0.1, 0.15) is 15.5 Å². The number of sulfone groups is 1. The predicted octanol–water partition coefficient (Wildman–Crippen LogP) is 0.235. The summed E-state index contributed by atoms with van der Waals surface area (Å²) in [4.78, 5) is 11.5. The van der Waals surface area contributed by atoms with Crippen LogP contribution in [0.2, 0.25) is 0 Å². The van der Waals surface area contributed by atoms with E-state index in [-0.39, 0.29) is 0 Å². The van der Waals surface area contributed by atoms with Gasteiger partial charge >= 0.3 is 0 Å². The van der Waals surface area contributed by atoms with Crippen molar-refractivity contribution in [2.75, 3.05) is 11.6 Å². The third kappa shape index (κ3) is 3.77. The van der Waals surface area contributed by atoms with E-state index in [0.29, 0.717) is 0 Å². The first-order valence-electron chi connectivity index (χ1n) is 5.60. The molecule has 1 aromatic carbocycles. The second kappa shape index (κ2) is 5.35. The first kappa shape index (κ1) is 17.5. The van der Waals surface area contributed by atoms with Crippen molar-refractivity contribution < 1.29 is 26.0 Å². The molecule has 3 N–H and O–H groups in total. The van der Waals surface area contributed by atoms with Gasteiger partial charge in [-0.2, -0.15) is 0 Å². The summed E-state index contributed by atoms with van der Waals surface area (Å²) in [7, 11) is -7.97. The largest absolute Gasteiger partial charge is 0.323 e. The molecule has 0 bridgehead atoms. The Morgan fingerprint density at radius 2 is 1.76 bits per heavy atom. The molecule has 1 rings (SSSR count). The number of nitrogens with one attached hydrogen (secondary N) is 1. The van der Waals surface area contributed by atoms with Crippen LogP contribution in [0.5, 0.6) is 0 Å². The number of hydrogen-bond donors (Lipinski definition) is 2. The molecule has 0 aromatic heterocycles. The Hall–Kier alpha value is -1.52. The molecular formula is C11H15FN2O5S2. The summed E-state index contributed by atoms with van der Waals surface area (Å²) in [6, 6.07) is 2.49. The average molecular weight is 338 g/mol. The summed E-state index contributed by atoms with van der Waals surface area (Å²) in [6.07, 6.45) is 0.860. The zero-order valence-electron chi connectivity index (χ0n) is 11.5. The number of anilines is 1. The highest BCUT2D eigenvalue weighted by Crippen LogP contribution is 2.24. The fourth-order valence-corrected chi connectivity index (χ4v) is 2.35. The smallest absolute Gasteiger partial charge is 0.245 e. The van der Waals surface area contributed by atoms with Gasteiger partial charge in [-0.05, 0) is 32.0 Å². The Morgan fingerprint density at radius 1 is 1.24 bits per heavy atom. The second-order valence-electron chi connectivity index (χ2n) is 4.92. The second-order valence-corrected chi connectivity index (χ2v) is 9.02. The van der Waals surface area contributed by atoms with Gasteiger partial charge in [0.05, 0.1) is 5.69 Å². The molecule has 0 fully saturated rings. The molecule has 0 aliphatic carbocycles. The van der Waals surface area contributed by atoms with Crippen molar-refractivity contribution in [1.82, 2.24) is 0 Å². The molecule has 0 heterocycles. The topological polar surface area (TPSA) is 123 Å². The summed E-state index contributed by atoms with van der Waals surface area (Å²) in [5.41, 5.74) is -0.417. The number of benzene rings is 1. The Kier molecular flexibility index (Phi) is 4.47. The maximum atomic E-state index is 13.2. The van der Waals surface area contributed by atoms with E-state index in [1.165, 1.54) is 0 Å². The van der Waals surface area contributed by atoms with E-state index in [4.69, 9.17) is 5.14 Å². The van der Waals surface area contributed by atoms with Gasteiger partial charge in [-0.15, -0.1) is 0 Å². The minimum absolute atomic E-state index is 0.417. The third-order valence-corrected chi connectivity index (χ3v) is 5.98. The minimum Gasteiger partial charge on any atom is -0.323 e. The lowest BCUT2D eigenvalue weighted by molar-refractivity contribution is -0.117. The van der Waals surface area contributed by atoms with Crippen LogP contribution in [-0.4, -0.2) is 33.7 Å². The molecule has 118 valence electrons. The normalized spacial score (nSPS) is 13.0. The van der Waals surface area contributed by atoms with Crippen LogP contribution >= 0.6 is 0 Å². The van der Waals surface area contributed by atoms with Crippen LogP contribution in [0.3, 0.4) is 0 Å². The monoisotopic (exact) mass is 338 g/mol. The Labute approximate surface area is 122 Å². The highest BCUT2D eigenvalue weighted by atomic mass is 32.2. The number of carbonyl (C=O) groups excluding carboxylic acids is 1. The summed E-state index contributed by atoms with van der Waals surface area (Å²) < 4.78 is 57.3. The fourth-order valence-electron chi connectivity index (χ4n) is 1.29. The lowest BCUT2D eigenvalue weighted by Gasteiger charge is -2.22. The van der Waals surface area contributed by atoms with Gasteiger partial charge in [0.15, 0.2) is 9.84 Å². The van der Waals surface area contributed by atoms with Crippen LogP contribution < -0.4 is 10.5 Å². The SMILES string of the molecule is CC(C)(C(=O)Nc1cc(F)ccc1S(N)(=O)=O)S(C)(=O)=O. The number of rotatable bonds is 4. The number of primary sulfonamides is 1. The van der Waals surface area contributed by atoms with E-state index in [0.717, 1.165) is 38.3 Å². The molecule has 1 amide bonds. The predicted molar refractivity (Wildman–Crippen MR) is 75.3 cm³/mol. The number of nitrogens with two attached hydrogens (primary N) is 1. The molecule has 0 aliphatic rings. The van der Waals surface area contributed by atoms with Gasteiger partial charge < -0.3 is 5.32 Å². The molecule has 10 heteroatoms. The van der Waals surface area contributed by atoms with Crippen LogP contribution in [0.1, 0.15) is 13.8 Å². The summed E-state index contributed by atoms with van der Waals surface area (Å²) in [6.45, 7) is 2.29. The van der Waals surface area contributed by atoms with Crippen molar-refractivity contribution in [2.24, 2.45) is 5.14 Å². The lowest BCUT2D eigenvalue weighted by Crippen LogP contribution is -2.44.